The number of fused-ring (bicyclic) bond motifs is 1. The summed E-state index contributed by atoms with van der Waals surface area (Å²) in [5.74, 6) is -0.306. The van der Waals surface area contributed by atoms with Crippen LogP contribution in [0.5, 0.6) is 0 Å². The highest BCUT2D eigenvalue weighted by Gasteiger charge is 2.07. The van der Waals surface area contributed by atoms with E-state index in [9.17, 15) is 14.5 Å². The summed E-state index contributed by atoms with van der Waals surface area (Å²) in [4.78, 5) is 17.0. The summed E-state index contributed by atoms with van der Waals surface area (Å²) in [7, 11) is 3.98. The van der Waals surface area contributed by atoms with E-state index in [4.69, 9.17) is 0 Å². The number of hydrogen-bond donors (Lipinski definition) is 1. The van der Waals surface area contributed by atoms with Gasteiger partial charge in [0.15, 0.2) is 0 Å². The molecule has 0 aliphatic carbocycles. The minimum Gasteiger partial charge on any atom is -0.383 e. The first kappa shape index (κ1) is 19.4. The van der Waals surface area contributed by atoms with E-state index in [-0.39, 0.29) is 11.5 Å². The summed E-state index contributed by atoms with van der Waals surface area (Å²) in [6.45, 7) is 1.56. The molecule has 144 valence electrons. The van der Waals surface area contributed by atoms with Crippen LogP contribution in [0.25, 0.3) is 23.1 Å². The lowest BCUT2D eigenvalue weighted by molar-refractivity contribution is -0.384. The maximum atomic E-state index is 13.7. The molecular weight excluding hydrogens is 359 g/mol. The van der Waals surface area contributed by atoms with Crippen LogP contribution in [0.4, 0.5) is 15.8 Å². The molecule has 6 nitrogen and oxygen atoms in total. The number of non-ortho nitro benzene ring substituents is 1. The lowest BCUT2D eigenvalue weighted by Crippen LogP contribution is -2.20. The van der Waals surface area contributed by atoms with E-state index in [1.54, 1.807) is 18.2 Å². The quantitative estimate of drug-likeness (QED) is 0.485. The summed E-state index contributed by atoms with van der Waals surface area (Å²) in [5.41, 5.74) is 3.10. The molecule has 0 aliphatic heterocycles. The number of hydrogen-bond acceptors (Lipinski definition) is 5. The largest absolute Gasteiger partial charge is 0.383 e. The SMILES string of the molecule is CN(C)CCNc1cc(/C=C/c2ccc([N+](=O)[O-])cc2)nc2ccc(F)cc12. The van der Waals surface area contributed by atoms with E-state index in [1.807, 2.05) is 32.3 Å². The van der Waals surface area contributed by atoms with Gasteiger partial charge in [-0.25, -0.2) is 9.37 Å². The average Bonchev–Trinajstić information content (AvgIpc) is 2.66. The zero-order valence-corrected chi connectivity index (χ0v) is 15.7. The smallest absolute Gasteiger partial charge is 0.269 e. The van der Waals surface area contributed by atoms with Gasteiger partial charge in [0.2, 0.25) is 0 Å². The predicted octanol–water partition coefficient (Wildman–Crippen LogP) is 4.43. The summed E-state index contributed by atoms with van der Waals surface area (Å²) in [5, 5.41) is 14.8. The topological polar surface area (TPSA) is 71.3 Å². The summed E-state index contributed by atoms with van der Waals surface area (Å²) in [6.07, 6.45) is 3.67. The molecule has 3 rings (SSSR count). The molecule has 0 atom stereocenters. The molecule has 1 heterocycles. The van der Waals surface area contributed by atoms with E-state index in [2.05, 4.69) is 15.2 Å². The number of pyridine rings is 1. The van der Waals surface area contributed by atoms with Gasteiger partial charge in [0, 0.05) is 36.3 Å². The second kappa shape index (κ2) is 8.58. The van der Waals surface area contributed by atoms with Crippen LogP contribution in [0, 0.1) is 15.9 Å². The van der Waals surface area contributed by atoms with Crippen molar-refractivity contribution in [3.05, 3.63) is 75.7 Å². The third-order valence-corrected chi connectivity index (χ3v) is 4.22. The van der Waals surface area contributed by atoms with Crippen molar-refractivity contribution in [1.82, 2.24) is 9.88 Å². The van der Waals surface area contributed by atoms with Gasteiger partial charge in [-0.2, -0.15) is 0 Å². The molecule has 2 aromatic carbocycles. The Bertz CT molecular complexity index is 1020. The second-order valence-corrected chi connectivity index (χ2v) is 6.67. The Balaban J connectivity index is 1.89. The van der Waals surface area contributed by atoms with E-state index < -0.39 is 4.92 Å². The Morgan fingerprint density at radius 3 is 2.57 bits per heavy atom. The molecule has 7 heteroatoms. The molecule has 1 N–H and O–H groups in total. The van der Waals surface area contributed by atoms with Crippen LogP contribution in [-0.2, 0) is 0 Å². The van der Waals surface area contributed by atoms with Crippen molar-refractivity contribution in [3.63, 3.8) is 0 Å². The fourth-order valence-electron chi connectivity index (χ4n) is 2.75. The summed E-state index contributed by atoms with van der Waals surface area (Å²) < 4.78 is 13.7. The highest BCUT2D eigenvalue weighted by atomic mass is 19.1. The fourth-order valence-corrected chi connectivity index (χ4v) is 2.75. The molecule has 0 saturated carbocycles. The Kier molecular flexibility index (Phi) is 5.96. The van der Waals surface area contributed by atoms with Gasteiger partial charge in [-0.1, -0.05) is 6.08 Å². The zero-order chi connectivity index (χ0) is 20.1. The molecule has 0 amide bonds. The minimum absolute atomic E-state index is 0.0513. The number of halogens is 1. The number of nitrogens with zero attached hydrogens (tertiary/aromatic N) is 3. The summed E-state index contributed by atoms with van der Waals surface area (Å²) in [6, 6.07) is 12.7. The van der Waals surface area contributed by atoms with Crippen molar-refractivity contribution >= 4 is 34.4 Å². The molecule has 28 heavy (non-hydrogen) atoms. The number of nitro groups is 1. The van der Waals surface area contributed by atoms with Crippen molar-refractivity contribution in [2.24, 2.45) is 0 Å². The summed E-state index contributed by atoms with van der Waals surface area (Å²) >= 11 is 0. The van der Waals surface area contributed by atoms with Gasteiger partial charge in [-0.05, 0) is 62.1 Å². The third kappa shape index (κ3) is 4.89. The van der Waals surface area contributed by atoms with Gasteiger partial charge < -0.3 is 10.2 Å². The standard InChI is InChI=1S/C21H21FN4O2/c1-25(2)12-11-23-21-14-17(24-20-10-6-16(22)13-19(20)21)7-3-15-4-8-18(9-5-15)26(27)28/h3-10,13-14H,11-12H2,1-2H3,(H,23,24)/b7-3+. The number of rotatable bonds is 7. The van der Waals surface area contributed by atoms with Gasteiger partial charge >= 0.3 is 0 Å². The van der Waals surface area contributed by atoms with Gasteiger partial charge in [0.25, 0.3) is 5.69 Å². The number of benzene rings is 2. The Morgan fingerprint density at radius 2 is 1.89 bits per heavy atom. The zero-order valence-electron chi connectivity index (χ0n) is 15.7. The maximum absolute atomic E-state index is 13.7. The molecule has 0 aliphatic rings. The van der Waals surface area contributed by atoms with Crippen molar-refractivity contribution in [3.8, 4) is 0 Å². The van der Waals surface area contributed by atoms with E-state index in [0.717, 1.165) is 23.2 Å². The van der Waals surface area contributed by atoms with Crippen LogP contribution in [-0.4, -0.2) is 42.0 Å². The molecule has 1 aromatic heterocycles. The molecule has 0 bridgehead atoms. The van der Waals surface area contributed by atoms with E-state index in [1.165, 1.54) is 24.3 Å². The molecule has 0 spiro atoms. The van der Waals surface area contributed by atoms with Gasteiger partial charge in [-0.15, -0.1) is 0 Å². The third-order valence-electron chi connectivity index (χ3n) is 4.22. The van der Waals surface area contributed by atoms with Crippen LogP contribution < -0.4 is 5.32 Å². The number of nitrogens with one attached hydrogen (secondary N) is 1. The first-order valence-corrected chi connectivity index (χ1v) is 8.84. The van der Waals surface area contributed by atoms with Crippen molar-refractivity contribution in [2.75, 3.05) is 32.5 Å². The van der Waals surface area contributed by atoms with Gasteiger partial charge in [-0.3, -0.25) is 10.1 Å². The Hall–Kier alpha value is -3.32. The number of aromatic nitrogens is 1. The predicted molar refractivity (Wildman–Crippen MR) is 111 cm³/mol. The van der Waals surface area contributed by atoms with Gasteiger partial charge in [0.05, 0.1) is 16.1 Å². The molecular formula is C21H21FN4O2. The average molecular weight is 380 g/mol. The maximum Gasteiger partial charge on any atom is 0.269 e. The highest BCUT2D eigenvalue weighted by Crippen LogP contribution is 2.25. The first-order valence-electron chi connectivity index (χ1n) is 8.84. The first-order chi connectivity index (χ1) is 13.4. The normalized spacial score (nSPS) is 11.4. The van der Waals surface area contributed by atoms with Crippen molar-refractivity contribution in [1.29, 1.82) is 0 Å². The highest BCUT2D eigenvalue weighted by molar-refractivity contribution is 5.93. The van der Waals surface area contributed by atoms with Crippen LogP contribution in [0.15, 0.2) is 48.5 Å². The van der Waals surface area contributed by atoms with Crippen LogP contribution in [0.3, 0.4) is 0 Å². The van der Waals surface area contributed by atoms with E-state index >= 15 is 0 Å². The molecule has 0 fully saturated rings. The number of anilines is 1. The number of likely N-dealkylation sites (N-methyl/N-ethyl adjacent to an activating group) is 1. The Morgan fingerprint density at radius 1 is 1.14 bits per heavy atom. The lowest BCUT2D eigenvalue weighted by atomic mass is 10.1. The number of nitro benzene ring substituents is 1. The molecule has 0 unspecified atom stereocenters. The van der Waals surface area contributed by atoms with Crippen LogP contribution in [0.2, 0.25) is 0 Å². The second-order valence-electron chi connectivity index (χ2n) is 6.67. The minimum atomic E-state index is -0.427. The lowest BCUT2D eigenvalue weighted by Gasteiger charge is -2.14. The Labute approximate surface area is 162 Å². The monoisotopic (exact) mass is 380 g/mol. The van der Waals surface area contributed by atoms with E-state index in [0.29, 0.717) is 17.8 Å². The molecule has 3 aromatic rings. The molecule has 0 radical (unpaired) electrons. The van der Waals surface area contributed by atoms with Crippen molar-refractivity contribution < 1.29 is 9.31 Å². The van der Waals surface area contributed by atoms with Crippen LogP contribution in [0.1, 0.15) is 11.3 Å². The molecule has 0 saturated heterocycles. The van der Waals surface area contributed by atoms with Gasteiger partial charge in [0.1, 0.15) is 5.82 Å². The van der Waals surface area contributed by atoms with Crippen molar-refractivity contribution in [2.45, 2.75) is 0 Å². The fraction of sp³-hybridized carbons (Fsp3) is 0.190. The van der Waals surface area contributed by atoms with Crippen LogP contribution >= 0.6 is 0 Å².